The first-order valence-electron chi connectivity index (χ1n) is 4.72. The lowest BCUT2D eigenvalue weighted by Gasteiger charge is -2.31. The SMILES string of the molecule is O=C(O)C1NNC2CN=CC(C(F)(F)F)C21. The Balaban J connectivity index is 2.28. The second-order valence-electron chi connectivity index (χ2n) is 3.87. The highest BCUT2D eigenvalue weighted by atomic mass is 19.4. The monoisotopic (exact) mass is 237 g/mol. The van der Waals surface area contributed by atoms with E-state index < -0.39 is 36.1 Å². The number of carbonyl (C=O) groups is 1. The van der Waals surface area contributed by atoms with Gasteiger partial charge in [-0.3, -0.25) is 15.2 Å². The highest BCUT2D eigenvalue weighted by molar-refractivity contribution is 5.76. The van der Waals surface area contributed by atoms with Gasteiger partial charge < -0.3 is 5.11 Å². The molecule has 0 spiro atoms. The van der Waals surface area contributed by atoms with Gasteiger partial charge in [0.2, 0.25) is 0 Å². The van der Waals surface area contributed by atoms with Gasteiger partial charge in [-0.05, 0) is 0 Å². The van der Waals surface area contributed by atoms with Crippen LogP contribution in [0.15, 0.2) is 4.99 Å². The lowest BCUT2D eigenvalue weighted by Crippen LogP contribution is -2.48. The van der Waals surface area contributed by atoms with Gasteiger partial charge in [-0.1, -0.05) is 0 Å². The third-order valence-electron chi connectivity index (χ3n) is 2.90. The number of carboxylic acid groups (broad SMARTS) is 1. The molecule has 90 valence electrons. The molecule has 1 saturated heterocycles. The number of aliphatic carboxylic acids is 1. The maximum Gasteiger partial charge on any atom is 0.397 e. The molecule has 0 aromatic rings. The first-order valence-corrected chi connectivity index (χ1v) is 4.72. The molecule has 3 N–H and O–H groups in total. The summed E-state index contributed by atoms with van der Waals surface area (Å²) in [7, 11) is 0. The van der Waals surface area contributed by atoms with Crippen LogP contribution in [0.5, 0.6) is 0 Å². The predicted octanol–water partition coefficient (Wildman–Crippen LogP) is -0.205. The molecule has 0 saturated carbocycles. The van der Waals surface area contributed by atoms with E-state index in [0.29, 0.717) is 0 Å². The van der Waals surface area contributed by atoms with Gasteiger partial charge in [0, 0.05) is 18.2 Å². The molecular formula is C8H10F3N3O2. The molecule has 0 aromatic carbocycles. The summed E-state index contributed by atoms with van der Waals surface area (Å²) in [6.07, 6.45) is -3.65. The van der Waals surface area contributed by atoms with Crippen molar-refractivity contribution in [1.29, 1.82) is 0 Å². The maximum atomic E-state index is 12.7. The van der Waals surface area contributed by atoms with E-state index in [9.17, 15) is 18.0 Å². The molecule has 0 amide bonds. The molecule has 2 heterocycles. The van der Waals surface area contributed by atoms with Crippen LogP contribution >= 0.6 is 0 Å². The molecule has 0 aliphatic carbocycles. The van der Waals surface area contributed by atoms with Crippen molar-refractivity contribution in [3.63, 3.8) is 0 Å². The van der Waals surface area contributed by atoms with Crippen LogP contribution in [-0.2, 0) is 4.79 Å². The summed E-state index contributed by atoms with van der Waals surface area (Å²) >= 11 is 0. The molecule has 1 fully saturated rings. The lowest BCUT2D eigenvalue weighted by atomic mass is 9.80. The van der Waals surface area contributed by atoms with E-state index in [1.165, 1.54) is 0 Å². The number of nitrogens with zero attached hydrogens (tertiary/aromatic N) is 1. The minimum atomic E-state index is -4.46. The van der Waals surface area contributed by atoms with E-state index in [0.717, 1.165) is 6.21 Å². The normalized spacial score (nSPS) is 38.4. The van der Waals surface area contributed by atoms with Crippen LogP contribution < -0.4 is 10.9 Å². The topological polar surface area (TPSA) is 73.7 Å². The van der Waals surface area contributed by atoms with Crippen LogP contribution in [0, 0.1) is 11.8 Å². The van der Waals surface area contributed by atoms with Crippen molar-refractivity contribution in [2.45, 2.75) is 18.3 Å². The molecular weight excluding hydrogens is 227 g/mol. The van der Waals surface area contributed by atoms with Crippen LogP contribution in [0.1, 0.15) is 0 Å². The highest BCUT2D eigenvalue weighted by Gasteiger charge is 2.54. The fourth-order valence-electron chi connectivity index (χ4n) is 2.16. The predicted molar refractivity (Wildman–Crippen MR) is 47.9 cm³/mol. The molecule has 16 heavy (non-hydrogen) atoms. The van der Waals surface area contributed by atoms with Gasteiger partial charge in [-0.25, -0.2) is 5.43 Å². The zero-order valence-corrected chi connectivity index (χ0v) is 8.03. The van der Waals surface area contributed by atoms with E-state index >= 15 is 0 Å². The summed E-state index contributed by atoms with van der Waals surface area (Å²) in [5, 5.41) is 8.82. The van der Waals surface area contributed by atoms with E-state index in [1.54, 1.807) is 0 Å². The molecule has 0 aromatic heterocycles. The van der Waals surface area contributed by atoms with Crippen molar-refractivity contribution in [3.8, 4) is 0 Å². The highest BCUT2D eigenvalue weighted by Crippen LogP contribution is 2.37. The minimum Gasteiger partial charge on any atom is -0.480 e. The number of aliphatic imine (C=N–C) groups is 1. The van der Waals surface area contributed by atoms with E-state index in [4.69, 9.17) is 5.11 Å². The van der Waals surface area contributed by atoms with Crippen molar-refractivity contribution >= 4 is 12.2 Å². The van der Waals surface area contributed by atoms with Gasteiger partial charge in [0.1, 0.15) is 6.04 Å². The van der Waals surface area contributed by atoms with Gasteiger partial charge in [0.25, 0.3) is 0 Å². The van der Waals surface area contributed by atoms with Crippen LogP contribution in [0.2, 0.25) is 0 Å². The third-order valence-corrected chi connectivity index (χ3v) is 2.90. The van der Waals surface area contributed by atoms with Crippen LogP contribution in [0.25, 0.3) is 0 Å². The third kappa shape index (κ3) is 1.78. The average molecular weight is 237 g/mol. The van der Waals surface area contributed by atoms with Crippen LogP contribution in [0.4, 0.5) is 13.2 Å². The first kappa shape index (κ1) is 11.3. The fraction of sp³-hybridized carbons (Fsp3) is 0.750. The molecule has 4 unspecified atom stereocenters. The van der Waals surface area contributed by atoms with Crippen molar-refractivity contribution in [2.75, 3.05) is 6.54 Å². The van der Waals surface area contributed by atoms with E-state index in [1.807, 2.05) is 0 Å². The number of hydrazine groups is 1. The summed E-state index contributed by atoms with van der Waals surface area (Å²) in [6, 6.07) is -1.82. The van der Waals surface area contributed by atoms with Crippen LogP contribution in [0.3, 0.4) is 0 Å². The largest absolute Gasteiger partial charge is 0.480 e. The fourth-order valence-corrected chi connectivity index (χ4v) is 2.16. The second-order valence-corrected chi connectivity index (χ2v) is 3.87. The Hall–Kier alpha value is -1.15. The van der Waals surface area contributed by atoms with E-state index in [-0.39, 0.29) is 6.54 Å². The number of carboxylic acids is 1. The summed E-state index contributed by atoms with van der Waals surface area (Å²) in [5.74, 6) is -4.14. The zero-order chi connectivity index (χ0) is 11.9. The zero-order valence-electron chi connectivity index (χ0n) is 8.03. The number of nitrogens with one attached hydrogen (secondary N) is 2. The molecule has 2 aliphatic rings. The van der Waals surface area contributed by atoms with Gasteiger partial charge >= 0.3 is 12.1 Å². The average Bonchev–Trinajstić information content (AvgIpc) is 2.58. The van der Waals surface area contributed by atoms with Crippen molar-refractivity contribution in [2.24, 2.45) is 16.8 Å². The molecule has 4 atom stereocenters. The van der Waals surface area contributed by atoms with Crippen LogP contribution in [-0.4, -0.2) is 42.1 Å². The number of alkyl halides is 3. The Morgan fingerprint density at radius 3 is 2.69 bits per heavy atom. The standard InChI is InChI=1S/C8H10F3N3O2/c9-8(10,11)3-1-12-2-4-5(3)6(7(15)16)14-13-4/h1,3-6,13-14H,2H2,(H,15,16). The number of hydrogen-bond donors (Lipinski definition) is 3. The lowest BCUT2D eigenvalue weighted by molar-refractivity contribution is -0.172. The Bertz CT molecular complexity index is 331. The molecule has 2 rings (SSSR count). The smallest absolute Gasteiger partial charge is 0.397 e. The Morgan fingerprint density at radius 2 is 2.12 bits per heavy atom. The molecule has 0 radical (unpaired) electrons. The number of rotatable bonds is 1. The second kappa shape index (κ2) is 3.70. The van der Waals surface area contributed by atoms with Crippen molar-refractivity contribution < 1.29 is 23.1 Å². The van der Waals surface area contributed by atoms with Gasteiger partial charge in [0.05, 0.1) is 12.5 Å². The Kier molecular flexibility index (Phi) is 2.62. The summed E-state index contributed by atoms with van der Waals surface area (Å²) in [4.78, 5) is 14.4. The summed E-state index contributed by atoms with van der Waals surface area (Å²) < 4.78 is 38.0. The number of hydrogen-bond acceptors (Lipinski definition) is 4. The molecule has 5 nitrogen and oxygen atoms in total. The first-order chi connectivity index (χ1) is 7.41. The Labute approximate surface area is 88.7 Å². The molecule has 2 aliphatic heterocycles. The number of fused-ring (bicyclic) bond motifs is 1. The molecule has 0 bridgehead atoms. The van der Waals surface area contributed by atoms with Gasteiger partial charge in [-0.15, -0.1) is 0 Å². The van der Waals surface area contributed by atoms with Crippen molar-refractivity contribution in [3.05, 3.63) is 0 Å². The maximum absolute atomic E-state index is 12.7. The van der Waals surface area contributed by atoms with Gasteiger partial charge in [0.15, 0.2) is 0 Å². The van der Waals surface area contributed by atoms with E-state index in [2.05, 4.69) is 15.8 Å². The Morgan fingerprint density at radius 1 is 1.44 bits per heavy atom. The minimum absolute atomic E-state index is 0.161. The summed E-state index contributed by atoms with van der Waals surface area (Å²) in [5.41, 5.74) is 4.92. The number of halogens is 3. The molecule has 8 heteroatoms. The van der Waals surface area contributed by atoms with Crippen molar-refractivity contribution in [1.82, 2.24) is 10.9 Å². The summed E-state index contributed by atoms with van der Waals surface area (Å²) in [6.45, 7) is 0.161. The van der Waals surface area contributed by atoms with Gasteiger partial charge in [-0.2, -0.15) is 13.2 Å². The quantitative estimate of drug-likeness (QED) is 0.590.